The number of carbonyl (C=O) groups excluding carboxylic acids is 3. The Morgan fingerprint density at radius 3 is 2.47 bits per heavy atom. The van der Waals surface area contributed by atoms with Gasteiger partial charge in [-0.15, -0.1) is 0 Å². The van der Waals surface area contributed by atoms with E-state index >= 15 is 0 Å². The number of carbonyl (C=O) groups is 3. The highest BCUT2D eigenvalue weighted by Crippen LogP contribution is 2.28. The monoisotopic (exact) mass is 478 g/mol. The number of esters is 1. The highest BCUT2D eigenvalue weighted by molar-refractivity contribution is 6.32. The van der Waals surface area contributed by atoms with Gasteiger partial charge >= 0.3 is 12.1 Å². The number of piperidine rings is 1. The van der Waals surface area contributed by atoms with Crippen LogP contribution in [0.15, 0.2) is 6.20 Å². The molecule has 2 rings (SSSR count). The Balaban J connectivity index is 2.40. The summed E-state index contributed by atoms with van der Waals surface area (Å²) < 4.78 is 43.7. The van der Waals surface area contributed by atoms with Crippen molar-refractivity contribution in [1.82, 2.24) is 19.8 Å². The van der Waals surface area contributed by atoms with Gasteiger partial charge in [0.15, 0.2) is 0 Å². The van der Waals surface area contributed by atoms with Gasteiger partial charge in [0.2, 0.25) is 6.41 Å². The van der Waals surface area contributed by atoms with Crippen molar-refractivity contribution >= 4 is 29.9 Å². The molecule has 1 aromatic heterocycles. The molecule has 0 radical (unpaired) electrons. The van der Waals surface area contributed by atoms with Crippen molar-refractivity contribution in [2.24, 2.45) is 5.92 Å². The van der Waals surface area contributed by atoms with Crippen LogP contribution in [0.4, 0.5) is 13.2 Å². The van der Waals surface area contributed by atoms with Crippen LogP contribution < -0.4 is 0 Å². The van der Waals surface area contributed by atoms with E-state index in [1.807, 2.05) is 20.8 Å². The number of likely N-dealkylation sites (tertiary alicyclic amines) is 1. The van der Waals surface area contributed by atoms with Gasteiger partial charge in [0.05, 0.1) is 31.1 Å². The molecule has 12 heteroatoms. The molecule has 0 N–H and O–H groups in total. The molecule has 8 nitrogen and oxygen atoms in total. The molecular weight excluding hydrogens is 453 g/mol. The quantitative estimate of drug-likeness (QED) is 0.354. The number of halogens is 4. The van der Waals surface area contributed by atoms with Crippen LogP contribution in [0.5, 0.6) is 0 Å². The second kappa shape index (κ2) is 10.0. The Kier molecular flexibility index (Phi) is 8.08. The minimum absolute atomic E-state index is 0.0286. The number of rotatable bonds is 6. The smallest absolute Gasteiger partial charge is 0.390 e. The minimum atomic E-state index is -4.52. The summed E-state index contributed by atoms with van der Waals surface area (Å²) in [6, 6.07) is -0.855. The van der Waals surface area contributed by atoms with Crippen LogP contribution in [-0.2, 0) is 19.7 Å². The number of amides is 2. The molecule has 0 spiro atoms. The molecule has 2 amide bonds. The zero-order chi connectivity index (χ0) is 24.3. The van der Waals surface area contributed by atoms with E-state index in [0.29, 0.717) is 12.2 Å². The topological polar surface area (TPSA) is 92.7 Å². The third-order valence-electron chi connectivity index (χ3n) is 5.12. The van der Waals surface area contributed by atoms with Gasteiger partial charge in [-0.2, -0.15) is 13.2 Å². The van der Waals surface area contributed by atoms with Gasteiger partial charge in [-0.3, -0.25) is 14.4 Å². The van der Waals surface area contributed by atoms with Crippen LogP contribution in [0.1, 0.15) is 49.8 Å². The van der Waals surface area contributed by atoms with Crippen LogP contribution in [-0.4, -0.2) is 77.0 Å². The summed E-state index contributed by atoms with van der Waals surface area (Å²) in [6.07, 6.45) is -4.06. The summed E-state index contributed by atoms with van der Waals surface area (Å²) in [5, 5.41) is -0.181. The Morgan fingerprint density at radius 2 is 1.97 bits per heavy atom. The Hall–Kier alpha value is -2.43. The van der Waals surface area contributed by atoms with E-state index in [9.17, 15) is 27.6 Å². The van der Waals surface area contributed by atoms with E-state index < -0.39 is 48.4 Å². The minimum Gasteiger partial charge on any atom is -0.469 e. The summed E-state index contributed by atoms with van der Waals surface area (Å²) in [5.74, 6) is -1.82. The lowest BCUT2D eigenvalue weighted by Crippen LogP contribution is -2.54. The fourth-order valence-corrected chi connectivity index (χ4v) is 3.68. The molecule has 0 bridgehead atoms. The standard InChI is InChI=1S/C20H26ClF3N4O4/c1-19(2,3)18-25-8-14(15(21)26-18)16(30)28(6-5-20(22,23)24)13-7-12(17(31)32-4)9-27(10-13)11-29/h8,11-13H,5-7,9-10H2,1-4H3/t12-,13?/m1/s1. The van der Waals surface area contributed by atoms with Crippen LogP contribution in [0, 0.1) is 5.92 Å². The molecule has 1 saturated heterocycles. The molecule has 1 aliphatic heterocycles. The highest BCUT2D eigenvalue weighted by atomic mass is 35.5. The lowest BCUT2D eigenvalue weighted by atomic mass is 9.93. The lowest BCUT2D eigenvalue weighted by Gasteiger charge is -2.40. The van der Waals surface area contributed by atoms with Gasteiger partial charge < -0.3 is 14.5 Å². The molecule has 32 heavy (non-hydrogen) atoms. The SMILES string of the molecule is COC(=O)[C@@H]1CC(N(CCC(F)(F)F)C(=O)c2cnc(C(C)(C)C)nc2Cl)CN(C=O)C1. The average Bonchev–Trinajstić information content (AvgIpc) is 2.71. The first-order valence-corrected chi connectivity index (χ1v) is 10.3. The first-order valence-electron chi connectivity index (χ1n) is 9.94. The van der Waals surface area contributed by atoms with Gasteiger partial charge in [0.1, 0.15) is 11.0 Å². The largest absolute Gasteiger partial charge is 0.469 e. The predicted molar refractivity (Wildman–Crippen MR) is 109 cm³/mol. The molecule has 2 atom stereocenters. The molecule has 178 valence electrons. The van der Waals surface area contributed by atoms with Gasteiger partial charge in [-0.1, -0.05) is 32.4 Å². The maximum Gasteiger partial charge on any atom is 0.390 e. The van der Waals surface area contributed by atoms with Gasteiger partial charge in [-0.25, -0.2) is 9.97 Å². The Labute approximate surface area is 189 Å². The van der Waals surface area contributed by atoms with Crippen molar-refractivity contribution in [3.05, 3.63) is 22.7 Å². The predicted octanol–water partition coefficient (Wildman–Crippen LogP) is 2.84. The maximum absolute atomic E-state index is 13.3. The van der Waals surface area contributed by atoms with Crippen LogP contribution in [0.2, 0.25) is 5.15 Å². The molecule has 1 aliphatic rings. The number of ether oxygens (including phenoxy) is 1. The van der Waals surface area contributed by atoms with Crippen molar-refractivity contribution in [2.45, 2.75) is 51.2 Å². The normalized spacial score (nSPS) is 19.4. The van der Waals surface area contributed by atoms with Crippen LogP contribution >= 0.6 is 11.6 Å². The van der Waals surface area contributed by atoms with Crippen molar-refractivity contribution < 1.29 is 32.3 Å². The fourth-order valence-electron chi connectivity index (χ4n) is 3.47. The van der Waals surface area contributed by atoms with E-state index in [2.05, 4.69) is 9.97 Å². The van der Waals surface area contributed by atoms with Gasteiger partial charge in [-0.05, 0) is 6.42 Å². The number of hydrogen-bond acceptors (Lipinski definition) is 6. The second-order valence-electron chi connectivity index (χ2n) is 8.68. The number of methoxy groups -OCH3 is 1. The van der Waals surface area contributed by atoms with Crippen molar-refractivity contribution in [1.29, 1.82) is 0 Å². The maximum atomic E-state index is 13.3. The summed E-state index contributed by atoms with van der Waals surface area (Å²) in [5.41, 5.74) is -0.609. The lowest BCUT2D eigenvalue weighted by molar-refractivity contribution is -0.150. The summed E-state index contributed by atoms with van der Waals surface area (Å²) in [4.78, 5) is 47.2. The number of nitrogens with zero attached hydrogens (tertiary/aromatic N) is 4. The van der Waals surface area contributed by atoms with Crippen molar-refractivity contribution in [3.8, 4) is 0 Å². The van der Waals surface area contributed by atoms with Gasteiger partial charge in [0.25, 0.3) is 5.91 Å². The van der Waals surface area contributed by atoms with E-state index in [-0.39, 0.29) is 30.2 Å². The zero-order valence-electron chi connectivity index (χ0n) is 18.3. The van der Waals surface area contributed by atoms with E-state index in [4.69, 9.17) is 16.3 Å². The molecule has 0 saturated carbocycles. The summed E-state index contributed by atoms with van der Waals surface area (Å²) in [7, 11) is 1.18. The highest BCUT2D eigenvalue weighted by Gasteiger charge is 2.39. The Morgan fingerprint density at radius 1 is 1.31 bits per heavy atom. The summed E-state index contributed by atoms with van der Waals surface area (Å²) in [6.45, 7) is 4.89. The Bertz CT molecular complexity index is 860. The summed E-state index contributed by atoms with van der Waals surface area (Å²) >= 11 is 6.20. The average molecular weight is 479 g/mol. The zero-order valence-corrected chi connectivity index (χ0v) is 19.0. The van der Waals surface area contributed by atoms with Crippen LogP contribution in [0.25, 0.3) is 0 Å². The first kappa shape index (κ1) is 25.8. The molecule has 1 aromatic rings. The molecular formula is C20H26ClF3N4O4. The molecule has 0 aliphatic carbocycles. The molecule has 1 unspecified atom stereocenters. The second-order valence-corrected chi connectivity index (χ2v) is 9.04. The van der Waals surface area contributed by atoms with Crippen molar-refractivity contribution in [3.63, 3.8) is 0 Å². The van der Waals surface area contributed by atoms with Crippen LogP contribution in [0.3, 0.4) is 0 Å². The fraction of sp³-hybridized carbons (Fsp3) is 0.650. The first-order chi connectivity index (χ1) is 14.8. The molecule has 2 heterocycles. The third kappa shape index (κ3) is 6.54. The number of alkyl halides is 3. The molecule has 0 aromatic carbocycles. The third-order valence-corrected chi connectivity index (χ3v) is 5.41. The van der Waals surface area contributed by atoms with E-state index in [0.717, 1.165) is 4.90 Å². The number of hydrogen-bond donors (Lipinski definition) is 0. The van der Waals surface area contributed by atoms with Crippen molar-refractivity contribution in [2.75, 3.05) is 26.7 Å². The van der Waals surface area contributed by atoms with Gasteiger partial charge in [0, 0.05) is 31.2 Å². The number of aromatic nitrogens is 2. The van der Waals surface area contributed by atoms with E-state index in [1.54, 1.807) is 0 Å². The molecule has 1 fully saturated rings. The van der Waals surface area contributed by atoms with E-state index in [1.165, 1.54) is 18.2 Å².